The maximum Gasteiger partial charge on any atom is 0.245 e. The highest BCUT2D eigenvalue weighted by atomic mass is 32.2. The maximum absolute atomic E-state index is 11.0. The van der Waals surface area contributed by atoms with Crippen molar-refractivity contribution in [3.8, 4) is 0 Å². The fraction of sp³-hybridized carbons (Fsp3) is 0.900. The fourth-order valence-electron chi connectivity index (χ4n) is 1.47. The number of amides is 1. The zero-order chi connectivity index (χ0) is 10.2. The summed E-state index contributed by atoms with van der Waals surface area (Å²) in [6, 6.07) is 0. The molecule has 0 aromatic heterocycles. The van der Waals surface area contributed by atoms with Gasteiger partial charge in [0.15, 0.2) is 0 Å². The van der Waals surface area contributed by atoms with Crippen LogP contribution >= 0.6 is 11.8 Å². The van der Waals surface area contributed by atoms with Gasteiger partial charge in [-0.05, 0) is 37.2 Å². The third kappa shape index (κ3) is 4.86. The quantitative estimate of drug-likeness (QED) is 0.681. The van der Waals surface area contributed by atoms with Crippen LogP contribution in [0.25, 0.3) is 0 Å². The summed E-state index contributed by atoms with van der Waals surface area (Å²) in [5.41, 5.74) is 0. The Morgan fingerprint density at radius 1 is 1.64 bits per heavy atom. The molecule has 0 aromatic rings. The van der Waals surface area contributed by atoms with Gasteiger partial charge in [0, 0.05) is 13.2 Å². The van der Waals surface area contributed by atoms with Crippen LogP contribution in [0, 0.1) is 5.92 Å². The van der Waals surface area contributed by atoms with E-state index in [0.717, 1.165) is 18.9 Å². The number of likely N-dealkylation sites (N-methyl/N-ethyl adjacent to an activating group) is 1. The molecule has 1 rings (SSSR count). The molecule has 1 amide bonds. The molecule has 1 aliphatic heterocycles. The largest absolute Gasteiger partial charge is 0.372 e. The number of rotatable bonds is 6. The highest BCUT2D eigenvalue weighted by molar-refractivity contribution is 7.99. The molecule has 1 aliphatic rings. The van der Waals surface area contributed by atoms with Crippen LogP contribution in [0.1, 0.15) is 19.8 Å². The van der Waals surface area contributed by atoms with Crippen molar-refractivity contribution in [3.63, 3.8) is 0 Å². The zero-order valence-electron chi connectivity index (χ0n) is 8.75. The lowest BCUT2D eigenvalue weighted by Gasteiger charge is -2.08. The average molecular weight is 217 g/mol. The molecule has 4 heteroatoms. The molecule has 0 aliphatic carbocycles. The second-order valence-corrected chi connectivity index (χ2v) is 4.67. The van der Waals surface area contributed by atoms with Gasteiger partial charge in [-0.25, -0.2) is 0 Å². The Bertz CT molecular complexity index is 170. The molecule has 1 heterocycles. The molecule has 1 fully saturated rings. The summed E-state index contributed by atoms with van der Waals surface area (Å²) in [5, 5.41) is 2.71. The van der Waals surface area contributed by atoms with Gasteiger partial charge in [0.25, 0.3) is 0 Å². The minimum Gasteiger partial charge on any atom is -0.372 e. The Morgan fingerprint density at radius 2 is 2.50 bits per heavy atom. The monoisotopic (exact) mass is 217 g/mol. The van der Waals surface area contributed by atoms with E-state index in [-0.39, 0.29) is 12.5 Å². The third-order valence-corrected chi connectivity index (χ3v) is 3.53. The van der Waals surface area contributed by atoms with Crippen LogP contribution < -0.4 is 5.32 Å². The normalized spacial score (nSPS) is 21.1. The van der Waals surface area contributed by atoms with Gasteiger partial charge in [-0.3, -0.25) is 4.79 Å². The number of hydrogen-bond acceptors (Lipinski definition) is 3. The molecule has 1 atom stereocenters. The molecule has 0 radical (unpaired) electrons. The van der Waals surface area contributed by atoms with Crippen molar-refractivity contribution in [2.45, 2.75) is 19.8 Å². The molecule has 1 saturated heterocycles. The van der Waals surface area contributed by atoms with E-state index in [1.807, 2.05) is 18.7 Å². The highest BCUT2D eigenvalue weighted by Crippen LogP contribution is 2.25. The van der Waals surface area contributed by atoms with Gasteiger partial charge < -0.3 is 10.1 Å². The predicted molar refractivity (Wildman–Crippen MR) is 59.6 cm³/mol. The molecule has 1 unspecified atom stereocenters. The summed E-state index contributed by atoms with van der Waals surface area (Å²) in [5.74, 6) is 3.37. The van der Waals surface area contributed by atoms with Gasteiger partial charge in [0.05, 0.1) is 0 Å². The molecule has 0 saturated carbocycles. The third-order valence-electron chi connectivity index (χ3n) is 2.30. The Kier molecular flexibility index (Phi) is 6.03. The first kappa shape index (κ1) is 11.9. The van der Waals surface area contributed by atoms with E-state index in [9.17, 15) is 4.79 Å². The van der Waals surface area contributed by atoms with Crippen molar-refractivity contribution >= 4 is 17.7 Å². The molecule has 14 heavy (non-hydrogen) atoms. The summed E-state index contributed by atoms with van der Waals surface area (Å²) in [7, 11) is 0. The van der Waals surface area contributed by atoms with E-state index >= 15 is 0 Å². The van der Waals surface area contributed by atoms with Gasteiger partial charge in [-0.15, -0.1) is 0 Å². The molecule has 1 N–H and O–H groups in total. The van der Waals surface area contributed by atoms with Gasteiger partial charge in [-0.2, -0.15) is 11.8 Å². The van der Waals surface area contributed by atoms with Crippen molar-refractivity contribution in [1.82, 2.24) is 5.32 Å². The number of thioether (sulfide) groups is 1. The number of ether oxygens (including phenoxy) is 1. The number of carbonyl (C=O) groups is 1. The number of carbonyl (C=O) groups excluding carboxylic acids is 1. The van der Waals surface area contributed by atoms with E-state index in [1.54, 1.807) is 0 Å². The average Bonchev–Trinajstić information content (AvgIpc) is 2.65. The van der Waals surface area contributed by atoms with E-state index < -0.39 is 0 Å². The van der Waals surface area contributed by atoms with E-state index in [4.69, 9.17) is 4.74 Å². The first-order valence-electron chi connectivity index (χ1n) is 5.25. The molecular formula is C10H19NO2S. The van der Waals surface area contributed by atoms with Gasteiger partial charge in [0.2, 0.25) is 5.91 Å². The van der Waals surface area contributed by atoms with Crippen LogP contribution in [0.3, 0.4) is 0 Å². The summed E-state index contributed by atoms with van der Waals surface area (Å²) in [6.07, 6.45) is 2.42. The number of hydrogen-bond donors (Lipinski definition) is 1. The Balaban J connectivity index is 1.90. The van der Waals surface area contributed by atoms with Crippen LogP contribution in [0.15, 0.2) is 0 Å². The van der Waals surface area contributed by atoms with Crippen molar-refractivity contribution < 1.29 is 9.53 Å². The van der Waals surface area contributed by atoms with Gasteiger partial charge in [-0.1, -0.05) is 0 Å². The van der Waals surface area contributed by atoms with Crippen LogP contribution in [0.2, 0.25) is 0 Å². The zero-order valence-corrected chi connectivity index (χ0v) is 9.57. The fourth-order valence-corrected chi connectivity index (χ4v) is 2.81. The first-order valence-corrected chi connectivity index (χ1v) is 6.40. The Labute approximate surface area is 90.0 Å². The summed E-state index contributed by atoms with van der Waals surface area (Å²) in [4.78, 5) is 11.0. The standard InChI is InChI=1S/C10H19NO2S/c1-2-11-10(12)7-13-5-3-9-4-6-14-8-9/h9H,2-8H2,1H3,(H,11,12). The second kappa shape index (κ2) is 7.12. The van der Waals surface area contributed by atoms with E-state index in [2.05, 4.69) is 5.32 Å². The second-order valence-electron chi connectivity index (χ2n) is 3.52. The van der Waals surface area contributed by atoms with Crippen molar-refractivity contribution in [3.05, 3.63) is 0 Å². The Morgan fingerprint density at radius 3 is 3.14 bits per heavy atom. The first-order chi connectivity index (χ1) is 6.83. The SMILES string of the molecule is CCNC(=O)COCCC1CCSC1. The minimum absolute atomic E-state index is 0.00621. The van der Waals surface area contributed by atoms with E-state index in [0.29, 0.717) is 6.54 Å². The lowest BCUT2D eigenvalue weighted by Crippen LogP contribution is -2.27. The van der Waals surface area contributed by atoms with Crippen molar-refractivity contribution in [2.75, 3.05) is 31.3 Å². The van der Waals surface area contributed by atoms with E-state index in [1.165, 1.54) is 17.9 Å². The highest BCUT2D eigenvalue weighted by Gasteiger charge is 2.14. The molecule has 0 bridgehead atoms. The molecule has 0 spiro atoms. The number of nitrogens with one attached hydrogen (secondary N) is 1. The van der Waals surface area contributed by atoms with Crippen LogP contribution in [-0.2, 0) is 9.53 Å². The van der Waals surface area contributed by atoms with Crippen molar-refractivity contribution in [1.29, 1.82) is 0 Å². The summed E-state index contributed by atoms with van der Waals surface area (Å²) < 4.78 is 5.29. The molecule has 0 aromatic carbocycles. The lowest BCUT2D eigenvalue weighted by atomic mass is 10.1. The lowest BCUT2D eigenvalue weighted by molar-refractivity contribution is -0.125. The van der Waals surface area contributed by atoms with Crippen LogP contribution in [-0.4, -0.2) is 37.2 Å². The smallest absolute Gasteiger partial charge is 0.245 e. The predicted octanol–water partition coefficient (Wildman–Crippen LogP) is 1.28. The Hall–Kier alpha value is -0.220. The van der Waals surface area contributed by atoms with Crippen molar-refractivity contribution in [2.24, 2.45) is 5.92 Å². The van der Waals surface area contributed by atoms with Gasteiger partial charge in [0.1, 0.15) is 6.61 Å². The maximum atomic E-state index is 11.0. The molecule has 82 valence electrons. The van der Waals surface area contributed by atoms with Gasteiger partial charge >= 0.3 is 0 Å². The van der Waals surface area contributed by atoms with Crippen LogP contribution in [0.4, 0.5) is 0 Å². The minimum atomic E-state index is -0.00621. The summed E-state index contributed by atoms with van der Waals surface area (Å²) >= 11 is 2.02. The summed E-state index contributed by atoms with van der Waals surface area (Å²) in [6.45, 7) is 3.53. The molecular weight excluding hydrogens is 198 g/mol. The topological polar surface area (TPSA) is 38.3 Å². The molecule has 3 nitrogen and oxygen atoms in total. The van der Waals surface area contributed by atoms with Crippen LogP contribution in [0.5, 0.6) is 0 Å².